The van der Waals surface area contributed by atoms with Crippen molar-refractivity contribution in [3.63, 3.8) is 0 Å². The van der Waals surface area contributed by atoms with Crippen molar-refractivity contribution in [1.29, 1.82) is 0 Å². The lowest BCUT2D eigenvalue weighted by molar-refractivity contribution is -0.125. The van der Waals surface area contributed by atoms with Crippen LogP contribution in [0.5, 0.6) is 5.75 Å². The summed E-state index contributed by atoms with van der Waals surface area (Å²) in [5, 5.41) is 3.32. The van der Waals surface area contributed by atoms with Gasteiger partial charge >= 0.3 is 0 Å². The molecule has 4 aliphatic rings. The molecule has 3 saturated heterocycles. The van der Waals surface area contributed by atoms with Crippen molar-refractivity contribution in [1.82, 2.24) is 19.8 Å². The maximum atomic E-state index is 15.2. The number of aromatic nitrogens is 2. The first-order chi connectivity index (χ1) is 17.1. The van der Waals surface area contributed by atoms with E-state index in [-0.39, 0.29) is 30.0 Å². The molecule has 1 N–H and O–H groups in total. The zero-order valence-electron chi connectivity index (χ0n) is 19.6. The lowest BCUT2D eigenvalue weighted by atomic mass is 9.89. The molecular formula is C25H29FN6O3. The van der Waals surface area contributed by atoms with Crippen LogP contribution in [0, 0.1) is 5.82 Å². The number of carbonyl (C=O) groups is 1. The first-order valence-corrected chi connectivity index (χ1v) is 12.2. The molecule has 4 aliphatic heterocycles. The van der Waals surface area contributed by atoms with E-state index in [9.17, 15) is 4.79 Å². The number of hydrogen-bond donors (Lipinski definition) is 1. The largest absolute Gasteiger partial charge is 0.483 e. The van der Waals surface area contributed by atoms with Crippen LogP contribution in [0.15, 0.2) is 31.1 Å². The highest BCUT2D eigenvalue weighted by Crippen LogP contribution is 2.41. The Morgan fingerprint density at radius 3 is 2.80 bits per heavy atom. The second-order valence-electron chi connectivity index (χ2n) is 9.50. The van der Waals surface area contributed by atoms with E-state index in [1.165, 1.54) is 12.4 Å². The summed E-state index contributed by atoms with van der Waals surface area (Å²) in [5.41, 5.74) is 2.35. The average molecular weight is 481 g/mol. The van der Waals surface area contributed by atoms with Crippen molar-refractivity contribution in [2.45, 2.75) is 25.0 Å². The third-order valence-corrected chi connectivity index (χ3v) is 7.46. The number of fused-ring (bicyclic) bond motifs is 2. The molecule has 1 aromatic carbocycles. The second-order valence-corrected chi connectivity index (χ2v) is 9.50. The molecule has 3 fully saturated rings. The predicted molar refractivity (Wildman–Crippen MR) is 129 cm³/mol. The molecule has 1 atom stereocenters. The van der Waals surface area contributed by atoms with E-state index in [0.29, 0.717) is 30.8 Å². The number of anilines is 3. The SMILES string of the molecule is C=CC(=O)N1CC[C@H](N2CC(c3cc(F)c4c(c3)Nc3ncnc(N5CCOCC5)c3CO4)C2)C1. The summed E-state index contributed by atoms with van der Waals surface area (Å²) in [6.45, 7) is 9.74. The standard InChI is InChI=1S/C25H29FN6O3/c1-2-22(33)31-4-3-18(13-31)32-11-17(12-32)16-9-20(26)23-21(10-16)29-24-19(14-35-23)25(28-15-27-24)30-5-7-34-8-6-30/h2,9-10,15,17-18H,1,3-8,11-14H2,(H,27,28,29)/t18-/m0/s1. The normalized spacial score (nSPS) is 22.4. The van der Waals surface area contributed by atoms with E-state index in [2.05, 4.69) is 31.7 Å². The van der Waals surface area contributed by atoms with Gasteiger partial charge in [-0.05, 0) is 30.2 Å². The topological polar surface area (TPSA) is 83.1 Å². The summed E-state index contributed by atoms with van der Waals surface area (Å²) in [4.78, 5) is 27.2. The van der Waals surface area contributed by atoms with Crippen LogP contribution in [0.4, 0.5) is 21.7 Å². The van der Waals surface area contributed by atoms with Gasteiger partial charge in [-0.3, -0.25) is 9.69 Å². The van der Waals surface area contributed by atoms with Gasteiger partial charge in [0.2, 0.25) is 5.91 Å². The molecule has 0 radical (unpaired) electrons. The van der Waals surface area contributed by atoms with E-state index in [4.69, 9.17) is 9.47 Å². The number of nitrogens with zero attached hydrogens (tertiary/aromatic N) is 5. The molecule has 0 aliphatic carbocycles. The number of morpholine rings is 1. The molecule has 0 unspecified atom stereocenters. The number of carbonyl (C=O) groups excluding carboxylic acids is 1. The highest BCUT2D eigenvalue weighted by Gasteiger charge is 2.38. The van der Waals surface area contributed by atoms with E-state index in [1.54, 1.807) is 6.07 Å². The lowest BCUT2D eigenvalue weighted by Gasteiger charge is -2.43. The molecule has 1 aromatic heterocycles. The van der Waals surface area contributed by atoms with Gasteiger partial charge in [-0.1, -0.05) is 6.58 Å². The van der Waals surface area contributed by atoms with Crippen LogP contribution < -0.4 is 15.0 Å². The smallest absolute Gasteiger partial charge is 0.246 e. The number of ether oxygens (including phenoxy) is 2. The van der Waals surface area contributed by atoms with E-state index in [0.717, 1.165) is 62.6 Å². The van der Waals surface area contributed by atoms with Crippen LogP contribution in [0.25, 0.3) is 0 Å². The van der Waals surface area contributed by atoms with E-state index >= 15 is 4.39 Å². The van der Waals surface area contributed by atoms with Crippen molar-refractivity contribution in [3.8, 4) is 5.75 Å². The average Bonchev–Trinajstić information content (AvgIpc) is 3.24. The molecule has 5 heterocycles. The minimum Gasteiger partial charge on any atom is -0.483 e. The van der Waals surface area contributed by atoms with Gasteiger partial charge < -0.3 is 24.6 Å². The predicted octanol–water partition coefficient (Wildman–Crippen LogP) is 2.27. The summed E-state index contributed by atoms with van der Waals surface area (Å²) in [6, 6.07) is 3.92. The van der Waals surface area contributed by atoms with Crippen molar-refractivity contribution in [2.75, 3.05) is 62.7 Å². The van der Waals surface area contributed by atoms with Crippen molar-refractivity contribution >= 4 is 23.2 Å². The minimum absolute atomic E-state index is 0.00987. The zero-order valence-corrected chi connectivity index (χ0v) is 19.6. The fourth-order valence-corrected chi connectivity index (χ4v) is 5.44. The van der Waals surface area contributed by atoms with Crippen LogP contribution in [0.1, 0.15) is 23.5 Å². The van der Waals surface area contributed by atoms with Crippen LogP contribution in [-0.2, 0) is 16.1 Å². The maximum Gasteiger partial charge on any atom is 0.246 e. The van der Waals surface area contributed by atoms with E-state index < -0.39 is 0 Å². The Hall–Kier alpha value is -3.24. The maximum absolute atomic E-state index is 15.2. The van der Waals surface area contributed by atoms with Gasteiger partial charge in [0.1, 0.15) is 24.6 Å². The van der Waals surface area contributed by atoms with Crippen LogP contribution >= 0.6 is 0 Å². The van der Waals surface area contributed by atoms with Crippen molar-refractivity contribution in [3.05, 3.63) is 48.1 Å². The van der Waals surface area contributed by atoms with Gasteiger partial charge in [-0.25, -0.2) is 14.4 Å². The van der Waals surface area contributed by atoms with Gasteiger partial charge in [-0.15, -0.1) is 0 Å². The molecule has 184 valence electrons. The van der Waals surface area contributed by atoms with Crippen molar-refractivity contribution in [2.24, 2.45) is 0 Å². The monoisotopic (exact) mass is 480 g/mol. The number of benzene rings is 1. The number of hydrogen-bond acceptors (Lipinski definition) is 8. The molecule has 0 bridgehead atoms. The van der Waals surface area contributed by atoms with Crippen LogP contribution in [0.3, 0.4) is 0 Å². The molecule has 0 saturated carbocycles. The van der Waals surface area contributed by atoms with Gasteiger partial charge in [0.05, 0.1) is 24.5 Å². The highest BCUT2D eigenvalue weighted by molar-refractivity contribution is 5.87. The number of nitrogens with one attached hydrogen (secondary N) is 1. The highest BCUT2D eigenvalue weighted by atomic mass is 19.1. The van der Waals surface area contributed by atoms with Gasteiger partial charge in [0, 0.05) is 51.2 Å². The Kier molecular flexibility index (Phi) is 5.77. The first kappa shape index (κ1) is 22.2. The Morgan fingerprint density at radius 2 is 2.00 bits per heavy atom. The molecule has 6 rings (SSSR count). The summed E-state index contributed by atoms with van der Waals surface area (Å²) in [7, 11) is 0. The summed E-state index contributed by atoms with van der Waals surface area (Å²) in [5.74, 6) is 1.51. The number of rotatable bonds is 4. The Bertz CT molecular complexity index is 1150. The lowest BCUT2D eigenvalue weighted by Crippen LogP contribution is -2.51. The summed E-state index contributed by atoms with van der Waals surface area (Å²) in [6.07, 6.45) is 3.87. The Balaban J connectivity index is 1.18. The van der Waals surface area contributed by atoms with Crippen LogP contribution in [-0.4, -0.2) is 84.2 Å². The molecule has 2 aromatic rings. The number of likely N-dealkylation sites (tertiary alicyclic amines) is 2. The van der Waals surface area contributed by atoms with Crippen LogP contribution in [0.2, 0.25) is 0 Å². The minimum atomic E-state index is -0.374. The quantitative estimate of drug-likeness (QED) is 0.668. The molecular weight excluding hydrogens is 451 g/mol. The third-order valence-electron chi connectivity index (χ3n) is 7.46. The first-order valence-electron chi connectivity index (χ1n) is 12.2. The molecule has 1 amide bonds. The van der Waals surface area contributed by atoms with Gasteiger partial charge in [0.25, 0.3) is 0 Å². The Morgan fingerprint density at radius 1 is 1.17 bits per heavy atom. The molecule has 9 nitrogen and oxygen atoms in total. The number of amides is 1. The summed E-state index contributed by atoms with van der Waals surface area (Å²) >= 11 is 0. The Labute approximate surface area is 203 Å². The van der Waals surface area contributed by atoms with Gasteiger partial charge in [0.15, 0.2) is 11.6 Å². The van der Waals surface area contributed by atoms with Crippen molar-refractivity contribution < 1.29 is 18.7 Å². The molecule has 35 heavy (non-hydrogen) atoms. The summed E-state index contributed by atoms with van der Waals surface area (Å²) < 4.78 is 26.6. The molecule has 10 heteroatoms. The fraction of sp³-hybridized carbons (Fsp3) is 0.480. The second kappa shape index (κ2) is 9.09. The zero-order chi connectivity index (χ0) is 23.9. The number of halogens is 1. The van der Waals surface area contributed by atoms with E-state index in [1.807, 2.05) is 11.0 Å². The fourth-order valence-electron chi connectivity index (χ4n) is 5.44. The third kappa shape index (κ3) is 4.10. The molecule has 0 spiro atoms. The van der Waals surface area contributed by atoms with Gasteiger partial charge in [-0.2, -0.15) is 0 Å².